The van der Waals surface area contributed by atoms with Crippen molar-refractivity contribution >= 4 is 5.91 Å². The number of nitrogens with two attached hydrogens (primary N) is 1. The molecule has 3 unspecified atom stereocenters. The topological polar surface area (TPSA) is 67.6 Å². The highest BCUT2D eigenvalue weighted by Gasteiger charge is 2.42. The number of likely N-dealkylation sites (N-methyl/N-ethyl adjacent to an activating group) is 1. The first-order chi connectivity index (χ1) is 9.93. The molecule has 2 aliphatic rings. The smallest absolute Gasteiger partial charge is 0.237 e. The van der Waals surface area contributed by atoms with Crippen molar-refractivity contribution in [3.8, 4) is 0 Å². The van der Waals surface area contributed by atoms with Crippen LogP contribution >= 0.6 is 0 Å². The highest BCUT2D eigenvalue weighted by molar-refractivity contribution is 5.85. The van der Waals surface area contributed by atoms with E-state index in [2.05, 4.69) is 31.1 Å². The monoisotopic (exact) mass is 297 g/mol. The summed E-state index contributed by atoms with van der Waals surface area (Å²) in [6.45, 7) is 6.00. The summed E-state index contributed by atoms with van der Waals surface area (Å²) >= 11 is 0. The molecule has 0 spiro atoms. The van der Waals surface area contributed by atoms with Crippen LogP contribution in [-0.2, 0) is 9.53 Å². The molecule has 5 nitrogen and oxygen atoms in total. The van der Waals surface area contributed by atoms with E-state index in [0.717, 1.165) is 45.3 Å². The van der Waals surface area contributed by atoms with Crippen LogP contribution in [0.2, 0.25) is 0 Å². The zero-order valence-corrected chi connectivity index (χ0v) is 13.7. The summed E-state index contributed by atoms with van der Waals surface area (Å²) in [4.78, 5) is 14.4. The second-order valence-corrected chi connectivity index (χ2v) is 7.07. The lowest BCUT2D eigenvalue weighted by atomic mass is 9.77. The van der Waals surface area contributed by atoms with E-state index in [1.165, 1.54) is 6.42 Å². The van der Waals surface area contributed by atoms with Crippen LogP contribution in [0.25, 0.3) is 0 Å². The predicted molar refractivity (Wildman–Crippen MR) is 84.1 cm³/mol. The molecular formula is C16H31N3O2. The van der Waals surface area contributed by atoms with Crippen molar-refractivity contribution in [2.75, 3.05) is 20.2 Å². The molecule has 122 valence electrons. The molecule has 3 atom stereocenters. The van der Waals surface area contributed by atoms with Gasteiger partial charge >= 0.3 is 0 Å². The fraction of sp³-hybridized carbons (Fsp3) is 0.938. The fourth-order valence-electron chi connectivity index (χ4n) is 3.86. The molecule has 1 heterocycles. The van der Waals surface area contributed by atoms with E-state index >= 15 is 0 Å². The number of amides is 1. The summed E-state index contributed by atoms with van der Waals surface area (Å²) in [6, 6.07) is 0.668. The maximum atomic E-state index is 12.0. The van der Waals surface area contributed by atoms with Gasteiger partial charge in [0.25, 0.3) is 0 Å². The summed E-state index contributed by atoms with van der Waals surface area (Å²) in [7, 11) is 2.15. The van der Waals surface area contributed by atoms with Crippen molar-refractivity contribution in [1.29, 1.82) is 0 Å². The molecule has 3 N–H and O–H groups in total. The normalized spacial score (nSPS) is 33.8. The number of primary amides is 1. The number of hydrogen-bond donors (Lipinski definition) is 2. The number of hydrogen-bond acceptors (Lipinski definition) is 4. The van der Waals surface area contributed by atoms with E-state index < -0.39 is 5.54 Å². The maximum Gasteiger partial charge on any atom is 0.237 e. The van der Waals surface area contributed by atoms with E-state index in [-0.39, 0.29) is 11.9 Å². The summed E-state index contributed by atoms with van der Waals surface area (Å²) in [5, 5.41) is 3.44. The van der Waals surface area contributed by atoms with Gasteiger partial charge in [0, 0.05) is 25.2 Å². The first-order valence-corrected chi connectivity index (χ1v) is 8.32. The molecular weight excluding hydrogens is 266 g/mol. The van der Waals surface area contributed by atoms with Gasteiger partial charge < -0.3 is 20.7 Å². The lowest BCUT2D eigenvalue weighted by Gasteiger charge is -2.43. The highest BCUT2D eigenvalue weighted by atomic mass is 16.5. The molecule has 2 fully saturated rings. The quantitative estimate of drug-likeness (QED) is 0.774. The van der Waals surface area contributed by atoms with Crippen LogP contribution in [0.5, 0.6) is 0 Å². The van der Waals surface area contributed by atoms with Crippen molar-refractivity contribution in [3.63, 3.8) is 0 Å². The average molecular weight is 297 g/mol. The maximum absolute atomic E-state index is 12.0. The molecule has 1 aliphatic carbocycles. The standard InChI is InChI=1S/C16H31N3O2/c1-12(2)18-16(15(17)20)8-4-6-13(10-16)19(3)11-14-7-5-9-21-14/h12-14,18H,4-11H2,1-3H3,(H2,17,20). The van der Waals surface area contributed by atoms with E-state index in [4.69, 9.17) is 10.5 Å². The Hall–Kier alpha value is -0.650. The van der Waals surface area contributed by atoms with Gasteiger partial charge in [0.15, 0.2) is 0 Å². The van der Waals surface area contributed by atoms with E-state index in [1.807, 2.05) is 0 Å². The van der Waals surface area contributed by atoms with Crippen LogP contribution in [0, 0.1) is 0 Å². The van der Waals surface area contributed by atoms with Crippen LogP contribution in [0.15, 0.2) is 0 Å². The minimum absolute atomic E-state index is 0.202. The first-order valence-electron chi connectivity index (χ1n) is 8.32. The number of carbonyl (C=O) groups is 1. The molecule has 0 aromatic rings. The van der Waals surface area contributed by atoms with Crippen molar-refractivity contribution in [2.24, 2.45) is 5.73 Å². The summed E-state index contributed by atoms with van der Waals surface area (Å²) in [5.74, 6) is -0.202. The average Bonchev–Trinajstić information content (AvgIpc) is 2.91. The predicted octanol–water partition coefficient (Wildman–Crippen LogP) is 1.26. The van der Waals surface area contributed by atoms with Gasteiger partial charge in [-0.05, 0) is 59.4 Å². The van der Waals surface area contributed by atoms with E-state index in [1.54, 1.807) is 0 Å². The third-order valence-corrected chi connectivity index (χ3v) is 4.90. The summed E-state index contributed by atoms with van der Waals surface area (Å²) < 4.78 is 5.73. The minimum atomic E-state index is -0.540. The van der Waals surface area contributed by atoms with Gasteiger partial charge in [-0.1, -0.05) is 0 Å². The van der Waals surface area contributed by atoms with E-state index in [0.29, 0.717) is 12.1 Å². The zero-order chi connectivity index (χ0) is 15.5. The second kappa shape index (κ2) is 7.07. The Morgan fingerprint density at radius 3 is 2.76 bits per heavy atom. The van der Waals surface area contributed by atoms with Gasteiger partial charge in [0.1, 0.15) is 0 Å². The molecule has 0 bridgehead atoms. The molecule has 1 saturated heterocycles. The van der Waals surface area contributed by atoms with Crippen LogP contribution in [-0.4, -0.2) is 54.7 Å². The number of nitrogens with zero attached hydrogens (tertiary/aromatic N) is 1. The molecule has 5 heteroatoms. The Morgan fingerprint density at radius 1 is 1.43 bits per heavy atom. The Balaban J connectivity index is 1.98. The lowest BCUT2D eigenvalue weighted by Crippen LogP contribution is -2.62. The lowest BCUT2D eigenvalue weighted by molar-refractivity contribution is -0.127. The molecule has 2 rings (SSSR count). The van der Waals surface area contributed by atoms with Crippen LogP contribution < -0.4 is 11.1 Å². The molecule has 0 aromatic carbocycles. The van der Waals surface area contributed by atoms with Crippen molar-refractivity contribution in [2.45, 2.75) is 76.1 Å². The van der Waals surface area contributed by atoms with Gasteiger partial charge in [-0.15, -0.1) is 0 Å². The van der Waals surface area contributed by atoms with Crippen LogP contribution in [0.3, 0.4) is 0 Å². The third-order valence-electron chi connectivity index (χ3n) is 4.90. The Morgan fingerprint density at radius 2 is 2.19 bits per heavy atom. The molecule has 21 heavy (non-hydrogen) atoms. The molecule has 0 aromatic heterocycles. The van der Waals surface area contributed by atoms with Gasteiger partial charge in [0.05, 0.1) is 11.6 Å². The molecule has 1 aliphatic heterocycles. The van der Waals surface area contributed by atoms with Crippen molar-refractivity contribution in [3.05, 3.63) is 0 Å². The number of carbonyl (C=O) groups excluding carboxylic acids is 1. The van der Waals surface area contributed by atoms with Gasteiger partial charge in [-0.25, -0.2) is 0 Å². The fourth-order valence-corrected chi connectivity index (χ4v) is 3.86. The number of rotatable bonds is 6. The highest BCUT2D eigenvalue weighted by Crippen LogP contribution is 2.32. The van der Waals surface area contributed by atoms with Crippen LogP contribution in [0.4, 0.5) is 0 Å². The van der Waals surface area contributed by atoms with Gasteiger partial charge in [-0.3, -0.25) is 4.79 Å². The van der Waals surface area contributed by atoms with Gasteiger partial charge in [-0.2, -0.15) is 0 Å². The largest absolute Gasteiger partial charge is 0.377 e. The van der Waals surface area contributed by atoms with Gasteiger partial charge in [0.2, 0.25) is 5.91 Å². The Labute approximate surface area is 128 Å². The Bertz CT molecular complexity index is 355. The minimum Gasteiger partial charge on any atom is -0.377 e. The number of nitrogens with one attached hydrogen (secondary N) is 1. The van der Waals surface area contributed by atoms with E-state index in [9.17, 15) is 4.79 Å². The van der Waals surface area contributed by atoms with Crippen LogP contribution in [0.1, 0.15) is 52.4 Å². The van der Waals surface area contributed by atoms with Crippen molar-refractivity contribution in [1.82, 2.24) is 10.2 Å². The second-order valence-electron chi connectivity index (χ2n) is 7.07. The molecule has 1 saturated carbocycles. The Kier molecular flexibility index (Phi) is 5.63. The molecule has 1 amide bonds. The number of ether oxygens (including phenoxy) is 1. The zero-order valence-electron chi connectivity index (χ0n) is 13.7. The molecule has 0 radical (unpaired) electrons. The third kappa shape index (κ3) is 4.18. The first kappa shape index (κ1) is 16.7. The van der Waals surface area contributed by atoms with Crippen molar-refractivity contribution < 1.29 is 9.53 Å². The SMILES string of the molecule is CC(C)NC1(C(N)=O)CCCC(N(C)CC2CCCO2)C1. The summed E-state index contributed by atoms with van der Waals surface area (Å²) in [5.41, 5.74) is 5.19. The summed E-state index contributed by atoms with van der Waals surface area (Å²) in [6.07, 6.45) is 6.53.